The van der Waals surface area contributed by atoms with Gasteiger partial charge in [-0.3, -0.25) is 9.59 Å². The van der Waals surface area contributed by atoms with E-state index in [1.807, 2.05) is 37.3 Å². The predicted octanol–water partition coefficient (Wildman–Crippen LogP) is 3.01. The van der Waals surface area contributed by atoms with E-state index in [4.69, 9.17) is 0 Å². The largest absolute Gasteiger partial charge is 0.506 e. The molecule has 1 heterocycles. The van der Waals surface area contributed by atoms with Gasteiger partial charge in [-0.25, -0.2) is 0 Å². The van der Waals surface area contributed by atoms with E-state index in [0.29, 0.717) is 18.7 Å². The highest BCUT2D eigenvalue weighted by atomic mass is 16.3. The Hall–Kier alpha value is -2.82. The van der Waals surface area contributed by atoms with Crippen molar-refractivity contribution >= 4 is 23.2 Å². The summed E-state index contributed by atoms with van der Waals surface area (Å²) in [6.07, 6.45) is 1.39. The third-order valence-corrected chi connectivity index (χ3v) is 4.18. The van der Waals surface area contributed by atoms with Gasteiger partial charge in [-0.2, -0.15) is 0 Å². The minimum absolute atomic E-state index is 0.0414. The summed E-state index contributed by atoms with van der Waals surface area (Å²) >= 11 is 0. The lowest BCUT2D eigenvalue weighted by atomic mass is 10.0. The Bertz CT molecular complexity index is 786. The molecule has 0 saturated heterocycles. The van der Waals surface area contributed by atoms with Crippen LogP contribution in [-0.2, 0) is 16.0 Å². The monoisotopic (exact) mass is 324 g/mol. The SMILES string of the molecule is Cc1ccc(NC(=O)CCN2C(=O)CCc3ccccc32)c(O)c1. The standard InChI is InChI=1S/C19H20N2O3/c1-13-6-8-15(17(22)12-13)20-18(23)10-11-21-16-5-3-2-4-14(16)7-9-19(21)24/h2-6,8,12,22H,7,9-11H2,1H3,(H,20,23). The van der Waals surface area contributed by atoms with E-state index in [1.165, 1.54) is 0 Å². The first-order valence-electron chi connectivity index (χ1n) is 8.02. The lowest BCUT2D eigenvalue weighted by Crippen LogP contribution is -2.37. The van der Waals surface area contributed by atoms with E-state index in [-0.39, 0.29) is 24.0 Å². The van der Waals surface area contributed by atoms with Crippen molar-refractivity contribution in [3.8, 4) is 5.75 Å². The third kappa shape index (κ3) is 3.40. The van der Waals surface area contributed by atoms with Gasteiger partial charge in [0.05, 0.1) is 5.69 Å². The molecule has 0 radical (unpaired) electrons. The number of aromatic hydroxyl groups is 1. The summed E-state index contributed by atoms with van der Waals surface area (Å²) in [5.74, 6) is -0.146. The summed E-state index contributed by atoms with van der Waals surface area (Å²) in [7, 11) is 0. The van der Waals surface area contributed by atoms with Crippen LogP contribution in [0, 0.1) is 6.92 Å². The Morgan fingerprint density at radius 3 is 2.79 bits per heavy atom. The summed E-state index contributed by atoms with van der Waals surface area (Å²) in [5.41, 5.74) is 3.32. The Labute approximate surface area is 140 Å². The quantitative estimate of drug-likeness (QED) is 0.849. The van der Waals surface area contributed by atoms with Gasteiger partial charge >= 0.3 is 0 Å². The fraction of sp³-hybridized carbons (Fsp3) is 0.263. The van der Waals surface area contributed by atoms with Crippen molar-refractivity contribution in [1.29, 1.82) is 0 Å². The van der Waals surface area contributed by atoms with Gasteiger partial charge in [0.2, 0.25) is 11.8 Å². The van der Waals surface area contributed by atoms with Crippen LogP contribution in [0.4, 0.5) is 11.4 Å². The van der Waals surface area contributed by atoms with Crippen molar-refractivity contribution < 1.29 is 14.7 Å². The number of nitrogens with one attached hydrogen (secondary N) is 1. The lowest BCUT2D eigenvalue weighted by molar-refractivity contribution is -0.119. The maximum Gasteiger partial charge on any atom is 0.227 e. The van der Waals surface area contributed by atoms with Crippen LogP contribution in [0.3, 0.4) is 0 Å². The van der Waals surface area contributed by atoms with Gasteiger partial charge < -0.3 is 15.3 Å². The summed E-state index contributed by atoms with van der Waals surface area (Å²) in [6.45, 7) is 2.19. The molecule has 0 fully saturated rings. The smallest absolute Gasteiger partial charge is 0.227 e. The fourth-order valence-electron chi connectivity index (χ4n) is 2.92. The van der Waals surface area contributed by atoms with Gasteiger partial charge in [-0.1, -0.05) is 24.3 Å². The van der Waals surface area contributed by atoms with Crippen molar-refractivity contribution in [1.82, 2.24) is 0 Å². The summed E-state index contributed by atoms with van der Waals surface area (Å²) in [6, 6.07) is 12.9. The Balaban J connectivity index is 1.65. The zero-order chi connectivity index (χ0) is 17.1. The molecule has 0 atom stereocenters. The third-order valence-electron chi connectivity index (χ3n) is 4.18. The molecule has 0 aliphatic carbocycles. The van der Waals surface area contributed by atoms with E-state index >= 15 is 0 Å². The fourth-order valence-corrected chi connectivity index (χ4v) is 2.92. The number of carbonyl (C=O) groups excluding carboxylic acids is 2. The first-order chi connectivity index (χ1) is 11.5. The molecule has 2 amide bonds. The van der Waals surface area contributed by atoms with Gasteiger partial charge in [-0.05, 0) is 42.7 Å². The van der Waals surface area contributed by atoms with Gasteiger partial charge in [0.25, 0.3) is 0 Å². The number of fused-ring (bicyclic) bond motifs is 1. The van der Waals surface area contributed by atoms with E-state index in [0.717, 1.165) is 23.2 Å². The number of aryl methyl sites for hydroxylation is 2. The zero-order valence-corrected chi connectivity index (χ0v) is 13.6. The molecule has 124 valence electrons. The highest BCUT2D eigenvalue weighted by Crippen LogP contribution is 2.28. The number of anilines is 2. The molecular weight excluding hydrogens is 304 g/mol. The van der Waals surface area contributed by atoms with Gasteiger partial charge in [0.1, 0.15) is 5.75 Å². The molecule has 3 rings (SSSR count). The number of hydrogen-bond acceptors (Lipinski definition) is 3. The molecule has 1 aliphatic rings. The number of phenols is 1. The minimum Gasteiger partial charge on any atom is -0.506 e. The van der Waals surface area contributed by atoms with Crippen LogP contribution in [0.25, 0.3) is 0 Å². The number of phenolic OH excluding ortho intramolecular Hbond substituents is 1. The number of carbonyl (C=O) groups is 2. The van der Waals surface area contributed by atoms with Crippen molar-refractivity contribution in [3.63, 3.8) is 0 Å². The number of rotatable bonds is 4. The van der Waals surface area contributed by atoms with Crippen molar-refractivity contribution in [2.24, 2.45) is 0 Å². The first-order valence-corrected chi connectivity index (χ1v) is 8.02. The maximum absolute atomic E-state index is 12.2. The van der Waals surface area contributed by atoms with E-state index in [9.17, 15) is 14.7 Å². The van der Waals surface area contributed by atoms with Crippen LogP contribution in [0.5, 0.6) is 5.75 Å². The normalized spacial score (nSPS) is 13.5. The van der Waals surface area contributed by atoms with Crippen LogP contribution >= 0.6 is 0 Å². The molecule has 0 bridgehead atoms. The Kier molecular flexibility index (Phi) is 4.51. The van der Waals surface area contributed by atoms with Crippen LogP contribution < -0.4 is 10.2 Å². The molecule has 24 heavy (non-hydrogen) atoms. The first kappa shape index (κ1) is 16.1. The minimum atomic E-state index is -0.231. The molecule has 2 N–H and O–H groups in total. The Morgan fingerprint density at radius 1 is 1.21 bits per heavy atom. The van der Waals surface area contributed by atoms with Crippen LogP contribution in [0.1, 0.15) is 24.0 Å². The maximum atomic E-state index is 12.2. The highest BCUT2D eigenvalue weighted by molar-refractivity contribution is 5.98. The van der Waals surface area contributed by atoms with Crippen molar-refractivity contribution in [2.45, 2.75) is 26.2 Å². The second-order valence-electron chi connectivity index (χ2n) is 5.99. The highest BCUT2D eigenvalue weighted by Gasteiger charge is 2.24. The number of nitrogens with zero attached hydrogens (tertiary/aromatic N) is 1. The van der Waals surface area contributed by atoms with Gasteiger partial charge in [-0.15, -0.1) is 0 Å². The second-order valence-corrected chi connectivity index (χ2v) is 5.99. The number of benzene rings is 2. The molecular formula is C19H20N2O3. The second kappa shape index (κ2) is 6.74. The zero-order valence-electron chi connectivity index (χ0n) is 13.6. The molecule has 2 aromatic carbocycles. The van der Waals surface area contributed by atoms with Crippen LogP contribution in [0.2, 0.25) is 0 Å². The summed E-state index contributed by atoms with van der Waals surface area (Å²) < 4.78 is 0. The molecule has 0 aromatic heterocycles. The molecule has 1 aliphatic heterocycles. The van der Waals surface area contributed by atoms with Gasteiger partial charge in [0, 0.05) is 25.1 Å². The predicted molar refractivity (Wildman–Crippen MR) is 93.2 cm³/mol. The van der Waals surface area contributed by atoms with Gasteiger partial charge in [0.15, 0.2) is 0 Å². The van der Waals surface area contributed by atoms with Crippen LogP contribution in [0.15, 0.2) is 42.5 Å². The summed E-state index contributed by atoms with van der Waals surface area (Å²) in [5, 5.41) is 12.5. The molecule has 2 aromatic rings. The summed E-state index contributed by atoms with van der Waals surface area (Å²) in [4.78, 5) is 26.0. The molecule has 5 nitrogen and oxygen atoms in total. The molecule has 5 heteroatoms. The topological polar surface area (TPSA) is 69.6 Å². The van der Waals surface area contributed by atoms with Crippen molar-refractivity contribution in [3.05, 3.63) is 53.6 Å². The van der Waals surface area contributed by atoms with E-state index in [1.54, 1.807) is 17.0 Å². The average Bonchev–Trinajstić information content (AvgIpc) is 2.56. The van der Waals surface area contributed by atoms with Crippen molar-refractivity contribution in [2.75, 3.05) is 16.8 Å². The Morgan fingerprint density at radius 2 is 2.00 bits per heavy atom. The number of hydrogen-bond donors (Lipinski definition) is 2. The number of amides is 2. The van der Waals surface area contributed by atoms with Crippen LogP contribution in [-0.4, -0.2) is 23.5 Å². The van der Waals surface area contributed by atoms with E-state index in [2.05, 4.69) is 5.32 Å². The average molecular weight is 324 g/mol. The molecule has 0 unspecified atom stereocenters. The lowest BCUT2D eigenvalue weighted by Gasteiger charge is -2.29. The van der Waals surface area contributed by atoms with E-state index < -0.39 is 0 Å². The molecule has 0 spiro atoms. The number of para-hydroxylation sites is 1. The molecule has 0 saturated carbocycles.